The highest BCUT2D eigenvalue weighted by molar-refractivity contribution is 9.10. The van der Waals surface area contributed by atoms with Crippen molar-refractivity contribution in [3.8, 4) is 0 Å². The SMILES string of the molecule is NC(=O)CN1C[C@@]2(CC2(F)F)c2c(ccc(Br)c2F)C1=O. The van der Waals surface area contributed by atoms with Crippen LogP contribution in [0.5, 0.6) is 0 Å². The molecule has 1 aliphatic heterocycles. The quantitative estimate of drug-likeness (QED) is 0.871. The lowest BCUT2D eigenvalue weighted by atomic mass is 9.85. The van der Waals surface area contributed by atoms with E-state index in [4.69, 9.17) is 5.73 Å². The first-order valence-corrected chi connectivity index (χ1v) is 6.93. The van der Waals surface area contributed by atoms with Crippen LogP contribution in [0.15, 0.2) is 16.6 Å². The lowest BCUT2D eigenvalue weighted by molar-refractivity contribution is -0.118. The minimum absolute atomic E-state index is 0.0273. The Balaban J connectivity index is 2.17. The van der Waals surface area contributed by atoms with E-state index < -0.39 is 48.5 Å². The number of fused-ring (bicyclic) bond motifs is 2. The zero-order valence-electron chi connectivity index (χ0n) is 10.6. The number of alkyl halides is 2. The Morgan fingerprint density at radius 3 is 2.57 bits per heavy atom. The molecule has 112 valence electrons. The number of amides is 2. The molecule has 4 nitrogen and oxygen atoms in total. The molecular formula is C13H10BrF3N2O2. The van der Waals surface area contributed by atoms with Gasteiger partial charge in [0, 0.05) is 24.1 Å². The maximum Gasteiger partial charge on any atom is 0.260 e. The second-order valence-electron chi connectivity index (χ2n) is 5.37. The van der Waals surface area contributed by atoms with Gasteiger partial charge in [0.2, 0.25) is 5.91 Å². The van der Waals surface area contributed by atoms with E-state index in [1.165, 1.54) is 12.1 Å². The fourth-order valence-corrected chi connectivity index (χ4v) is 3.27. The fourth-order valence-electron chi connectivity index (χ4n) is 2.94. The third-order valence-electron chi connectivity index (χ3n) is 4.00. The Bertz CT molecular complexity index is 680. The van der Waals surface area contributed by atoms with Gasteiger partial charge in [0.1, 0.15) is 5.82 Å². The van der Waals surface area contributed by atoms with Gasteiger partial charge < -0.3 is 10.6 Å². The number of primary amides is 1. The summed E-state index contributed by atoms with van der Waals surface area (Å²) in [6.45, 7) is -0.879. The molecule has 3 rings (SSSR count). The number of hydrogen-bond acceptors (Lipinski definition) is 2. The number of rotatable bonds is 2. The van der Waals surface area contributed by atoms with Gasteiger partial charge in [-0.15, -0.1) is 0 Å². The van der Waals surface area contributed by atoms with Gasteiger partial charge in [-0.3, -0.25) is 9.59 Å². The fraction of sp³-hybridized carbons (Fsp3) is 0.385. The Kier molecular flexibility index (Phi) is 2.89. The molecular weight excluding hydrogens is 353 g/mol. The van der Waals surface area contributed by atoms with E-state index in [9.17, 15) is 22.8 Å². The molecule has 1 aliphatic carbocycles. The predicted octanol–water partition coefficient (Wildman–Crippen LogP) is 1.81. The lowest BCUT2D eigenvalue weighted by Crippen LogP contribution is -2.49. The minimum atomic E-state index is -3.11. The average Bonchev–Trinajstić information content (AvgIpc) is 2.90. The molecule has 1 atom stereocenters. The van der Waals surface area contributed by atoms with Crippen molar-refractivity contribution in [1.29, 1.82) is 0 Å². The van der Waals surface area contributed by atoms with Gasteiger partial charge in [-0.05, 0) is 28.1 Å². The molecule has 2 aliphatic rings. The topological polar surface area (TPSA) is 63.4 Å². The van der Waals surface area contributed by atoms with Crippen molar-refractivity contribution in [3.05, 3.63) is 33.5 Å². The van der Waals surface area contributed by atoms with Gasteiger partial charge in [0.05, 0.1) is 16.4 Å². The first-order valence-electron chi connectivity index (χ1n) is 6.13. The van der Waals surface area contributed by atoms with E-state index in [-0.39, 0.29) is 15.6 Å². The van der Waals surface area contributed by atoms with Crippen molar-refractivity contribution in [2.45, 2.75) is 17.8 Å². The molecule has 1 aromatic rings. The first-order chi connectivity index (χ1) is 9.69. The normalized spacial score (nSPS) is 25.9. The summed E-state index contributed by atoms with van der Waals surface area (Å²) in [6.07, 6.45) is -0.553. The van der Waals surface area contributed by atoms with Gasteiger partial charge in [0.15, 0.2) is 0 Å². The molecule has 21 heavy (non-hydrogen) atoms. The molecule has 1 aromatic carbocycles. The summed E-state index contributed by atoms with van der Waals surface area (Å²) in [6, 6.07) is 2.57. The molecule has 1 spiro atoms. The van der Waals surface area contributed by atoms with Crippen LogP contribution in [-0.2, 0) is 10.2 Å². The second kappa shape index (κ2) is 4.22. The summed E-state index contributed by atoms with van der Waals surface area (Å²) in [7, 11) is 0. The van der Waals surface area contributed by atoms with Gasteiger partial charge in [-0.25, -0.2) is 13.2 Å². The second-order valence-corrected chi connectivity index (χ2v) is 6.23. The smallest absolute Gasteiger partial charge is 0.260 e. The van der Waals surface area contributed by atoms with Gasteiger partial charge in [0.25, 0.3) is 11.8 Å². The predicted molar refractivity (Wildman–Crippen MR) is 70.4 cm³/mol. The van der Waals surface area contributed by atoms with Crippen LogP contribution in [-0.4, -0.2) is 35.7 Å². The van der Waals surface area contributed by atoms with Crippen molar-refractivity contribution in [2.24, 2.45) is 5.73 Å². The number of carbonyl (C=O) groups is 2. The van der Waals surface area contributed by atoms with E-state index >= 15 is 0 Å². The molecule has 0 radical (unpaired) electrons. The maximum atomic E-state index is 14.3. The molecule has 0 bridgehead atoms. The summed E-state index contributed by atoms with van der Waals surface area (Å²) < 4.78 is 42.0. The lowest BCUT2D eigenvalue weighted by Gasteiger charge is -2.34. The van der Waals surface area contributed by atoms with Crippen LogP contribution in [0.4, 0.5) is 13.2 Å². The molecule has 8 heteroatoms. The van der Waals surface area contributed by atoms with Crippen molar-refractivity contribution in [3.63, 3.8) is 0 Å². The summed E-state index contributed by atoms with van der Waals surface area (Å²) in [4.78, 5) is 24.2. The van der Waals surface area contributed by atoms with Crippen LogP contribution in [0.2, 0.25) is 0 Å². The summed E-state index contributed by atoms with van der Waals surface area (Å²) in [5.74, 6) is -5.43. The maximum absolute atomic E-state index is 14.3. The van der Waals surface area contributed by atoms with Gasteiger partial charge >= 0.3 is 0 Å². The number of nitrogens with two attached hydrogens (primary N) is 1. The third kappa shape index (κ3) is 1.88. The minimum Gasteiger partial charge on any atom is -0.368 e. The van der Waals surface area contributed by atoms with Crippen LogP contribution >= 0.6 is 15.9 Å². The highest BCUT2D eigenvalue weighted by Gasteiger charge is 2.75. The zero-order valence-corrected chi connectivity index (χ0v) is 12.2. The van der Waals surface area contributed by atoms with E-state index in [1.54, 1.807) is 0 Å². The van der Waals surface area contributed by atoms with Crippen LogP contribution < -0.4 is 5.73 Å². The van der Waals surface area contributed by atoms with Gasteiger partial charge in [-0.1, -0.05) is 0 Å². The first kappa shape index (κ1) is 14.4. The number of halogens is 4. The van der Waals surface area contributed by atoms with Crippen LogP contribution in [0.3, 0.4) is 0 Å². The van der Waals surface area contributed by atoms with Gasteiger partial charge in [-0.2, -0.15) is 0 Å². The van der Waals surface area contributed by atoms with E-state index in [1.807, 2.05) is 0 Å². The highest BCUT2D eigenvalue weighted by atomic mass is 79.9. The van der Waals surface area contributed by atoms with Crippen LogP contribution in [0, 0.1) is 5.82 Å². The summed E-state index contributed by atoms with van der Waals surface area (Å²) >= 11 is 2.95. The number of nitrogens with zero attached hydrogens (tertiary/aromatic N) is 1. The Morgan fingerprint density at radius 2 is 2.05 bits per heavy atom. The largest absolute Gasteiger partial charge is 0.368 e. The molecule has 0 aromatic heterocycles. The van der Waals surface area contributed by atoms with E-state index in [0.717, 1.165) is 4.90 Å². The average molecular weight is 363 g/mol. The molecule has 0 unspecified atom stereocenters. The zero-order chi connectivity index (χ0) is 15.6. The number of carbonyl (C=O) groups excluding carboxylic acids is 2. The molecule has 1 heterocycles. The monoisotopic (exact) mass is 362 g/mol. The molecule has 0 saturated heterocycles. The van der Waals surface area contributed by atoms with Crippen molar-refractivity contribution in [2.75, 3.05) is 13.1 Å². The van der Waals surface area contributed by atoms with E-state index in [0.29, 0.717) is 0 Å². The number of hydrogen-bond donors (Lipinski definition) is 1. The Morgan fingerprint density at radius 1 is 1.43 bits per heavy atom. The molecule has 2 N–H and O–H groups in total. The Labute approximate surface area is 126 Å². The van der Waals surface area contributed by atoms with E-state index in [2.05, 4.69) is 15.9 Å². The highest BCUT2D eigenvalue weighted by Crippen LogP contribution is 2.64. The van der Waals surface area contributed by atoms with Crippen LogP contribution in [0.1, 0.15) is 22.3 Å². The summed E-state index contributed by atoms with van der Waals surface area (Å²) in [5, 5.41) is 0. The standard InChI is InChI=1S/C13H10BrF3N2O2/c14-7-2-1-6-9(10(7)15)12(4-13(12,16)17)5-19(11(6)21)3-8(18)20/h1-2H,3-5H2,(H2,18,20)/t12-/m0/s1. The molecule has 1 saturated carbocycles. The summed E-state index contributed by atoms with van der Waals surface area (Å²) in [5.41, 5.74) is 2.86. The van der Waals surface area contributed by atoms with Crippen molar-refractivity contribution in [1.82, 2.24) is 4.90 Å². The van der Waals surface area contributed by atoms with Crippen LogP contribution in [0.25, 0.3) is 0 Å². The van der Waals surface area contributed by atoms with Crippen molar-refractivity contribution >= 4 is 27.7 Å². The Hall–Kier alpha value is -1.57. The number of benzene rings is 1. The van der Waals surface area contributed by atoms with Crippen molar-refractivity contribution < 1.29 is 22.8 Å². The third-order valence-corrected chi connectivity index (χ3v) is 4.61. The molecule has 2 amide bonds. The molecule has 1 fully saturated rings.